The zero-order valence-corrected chi connectivity index (χ0v) is 55.0. The lowest BCUT2D eigenvalue weighted by Gasteiger charge is -2.25. The summed E-state index contributed by atoms with van der Waals surface area (Å²) in [5, 5.41) is 9.73. The van der Waals surface area contributed by atoms with Gasteiger partial charge in [0.25, 0.3) is 6.29 Å². The molecule has 1 N–H and O–H groups in total. The average Bonchev–Trinajstić information content (AvgIpc) is 3.52. The van der Waals surface area contributed by atoms with Gasteiger partial charge in [-0.1, -0.05) is 284 Å². The molecule has 0 aliphatic rings. The van der Waals surface area contributed by atoms with Crippen LogP contribution in [0.25, 0.3) is 0 Å². The average molecular weight is 1170 g/mol. The van der Waals surface area contributed by atoms with Crippen LogP contribution in [-0.4, -0.2) is 87.4 Å². The largest absolute Gasteiger partial charge is 0.477 e. The standard InChI is InChI=1S/C75H129NO8/c1-6-8-10-12-14-16-18-20-22-24-26-27-28-29-30-31-32-33-34-35-36-37-38-39-40-41-42-43-44-45-46-47-48-50-52-54-56-58-60-62-64-66-73(78)84-71(70-83-75(74(79)80)81-68-67-76(3,4)5)69-82-72(77)65-63-61-59-57-55-53-51-49-25-23-21-19-17-15-13-11-9-7-2/h8,10,14,16,20,22-23,25-27,29-30,32-33,35-36,38-39,71,75H,6-7,9,11-13,15,17-19,21,24,28,31,34,37,40-70H2,1-5H3/p+1/b10-8-,16-14-,22-20-,25-23-,27-26-,30-29-,33-32-,36-35-,39-38-. The van der Waals surface area contributed by atoms with Gasteiger partial charge in [0, 0.05) is 12.8 Å². The zero-order valence-electron chi connectivity index (χ0n) is 55.0. The summed E-state index contributed by atoms with van der Waals surface area (Å²) < 4.78 is 22.9. The summed E-state index contributed by atoms with van der Waals surface area (Å²) in [5.74, 6) is -2.00. The summed E-state index contributed by atoms with van der Waals surface area (Å²) in [5.41, 5.74) is 0. The van der Waals surface area contributed by atoms with Crippen LogP contribution in [0.15, 0.2) is 109 Å². The van der Waals surface area contributed by atoms with Gasteiger partial charge in [-0.05, 0) is 103 Å². The number of aliphatic carboxylic acids is 1. The van der Waals surface area contributed by atoms with Gasteiger partial charge in [-0.3, -0.25) is 9.59 Å². The number of hydrogen-bond acceptors (Lipinski definition) is 7. The SMILES string of the molecule is CC/C=C\C/C=C\C/C=C\C/C=C\C/C=C\C/C=C\C/C=C\C/C=C\CCCCCCCCCCCCCCCCCCC(=O)OC(COC(=O)CCCCCCCCC/C=C\CCCCCCCCC)COC(OCC[N+](C)(C)C)C(=O)O. The fourth-order valence-corrected chi connectivity index (χ4v) is 9.50. The lowest BCUT2D eigenvalue weighted by atomic mass is 10.0. The topological polar surface area (TPSA) is 108 Å². The molecular formula is C75H130NO8+. The highest BCUT2D eigenvalue weighted by molar-refractivity contribution is 5.71. The van der Waals surface area contributed by atoms with E-state index in [1.807, 2.05) is 21.1 Å². The Morgan fingerprint density at radius 2 is 0.679 bits per heavy atom. The maximum Gasteiger partial charge on any atom is 0.361 e. The third kappa shape index (κ3) is 65.5. The molecule has 0 rings (SSSR count). The lowest BCUT2D eigenvalue weighted by molar-refractivity contribution is -0.870. The van der Waals surface area contributed by atoms with Crippen molar-refractivity contribution in [2.24, 2.45) is 0 Å². The molecule has 0 aliphatic carbocycles. The zero-order chi connectivity index (χ0) is 61.2. The van der Waals surface area contributed by atoms with Gasteiger partial charge in [0.1, 0.15) is 13.2 Å². The first-order chi connectivity index (χ1) is 41.1. The van der Waals surface area contributed by atoms with E-state index < -0.39 is 24.3 Å². The first-order valence-corrected chi connectivity index (χ1v) is 34.6. The van der Waals surface area contributed by atoms with Gasteiger partial charge in [0.05, 0.1) is 34.4 Å². The summed E-state index contributed by atoms with van der Waals surface area (Å²) in [7, 11) is 5.97. The molecule has 0 amide bonds. The van der Waals surface area contributed by atoms with Gasteiger partial charge in [-0.25, -0.2) is 4.79 Å². The van der Waals surface area contributed by atoms with E-state index in [0.29, 0.717) is 17.4 Å². The highest BCUT2D eigenvalue weighted by Gasteiger charge is 2.25. The van der Waals surface area contributed by atoms with Crippen LogP contribution >= 0.6 is 0 Å². The number of likely N-dealkylation sites (N-methyl/N-ethyl adjacent to an activating group) is 1. The molecule has 0 bridgehead atoms. The van der Waals surface area contributed by atoms with E-state index in [-0.39, 0.29) is 32.2 Å². The molecule has 0 aromatic carbocycles. The minimum absolute atomic E-state index is 0.185. The summed E-state index contributed by atoms with van der Waals surface area (Å²) in [6, 6.07) is 0. The number of nitrogens with zero attached hydrogens (tertiary/aromatic N) is 1. The number of carbonyl (C=O) groups excluding carboxylic acids is 2. The predicted molar refractivity (Wildman–Crippen MR) is 359 cm³/mol. The van der Waals surface area contributed by atoms with Gasteiger partial charge in [-0.15, -0.1) is 0 Å². The number of ether oxygens (including phenoxy) is 4. The molecule has 0 saturated heterocycles. The predicted octanol–water partition coefficient (Wildman–Crippen LogP) is 21.4. The van der Waals surface area contributed by atoms with Gasteiger partial charge in [0.15, 0.2) is 6.10 Å². The Labute approximate surface area is 517 Å². The third-order valence-electron chi connectivity index (χ3n) is 14.8. The molecule has 84 heavy (non-hydrogen) atoms. The van der Waals surface area contributed by atoms with Gasteiger partial charge in [0.2, 0.25) is 0 Å². The number of carbonyl (C=O) groups is 3. The van der Waals surface area contributed by atoms with Crippen molar-refractivity contribution in [2.45, 2.75) is 302 Å². The van der Waals surface area contributed by atoms with Gasteiger partial charge < -0.3 is 28.5 Å². The quantitative estimate of drug-likeness (QED) is 0.0211. The van der Waals surface area contributed by atoms with E-state index in [1.54, 1.807) is 0 Å². The fraction of sp³-hybridized carbons (Fsp3) is 0.720. The number of allylic oxidation sites excluding steroid dienone is 18. The summed E-state index contributed by atoms with van der Waals surface area (Å²) >= 11 is 0. The third-order valence-corrected chi connectivity index (χ3v) is 14.8. The molecule has 2 atom stereocenters. The van der Waals surface area contributed by atoms with Crippen molar-refractivity contribution in [3.8, 4) is 0 Å². The number of esters is 2. The summed E-state index contributed by atoms with van der Waals surface area (Å²) in [6.45, 7) is 4.77. The molecule has 0 spiro atoms. The highest BCUT2D eigenvalue weighted by atomic mass is 16.7. The van der Waals surface area contributed by atoms with Crippen molar-refractivity contribution in [3.05, 3.63) is 109 Å². The smallest absolute Gasteiger partial charge is 0.361 e. The Bertz CT molecular complexity index is 1750. The second-order valence-corrected chi connectivity index (χ2v) is 24.1. The number of hydrogen-bond donors (Lipinski definition) is 1. The number of rotatable bonds is 63. The molecule has 9 nitrogen and oxygen atoms in total. The number of quaternary nitrogens is 1. The van der Waals surface area contributed by atoms with E-state index >= 15 is 0 Å². The second-order valence-electron chi connectivity index (χ2n) is 24.1. The Hall–Kier alpha value is -4.05. The number of carboxylic acids is 1. The summed E-state index contributed by atoms with van der Waals surface area (Å²) in [6.07, 6.45) is 87.7. The van der Waals surface area contributed by atoms with E-state index in [2.05, 4.69) is 123 Å². The van der Waals surface area contributed by atoms with Crippen LogP contribution < -0.4 is 0 Å². The van der Waals surface area contributed by atoms with E-state index in [4.69, 9.17) is 18.9 Å². The Balaban J connectivity index is 4.05. The number of unbranched alkanes of at least 4 members (excludes halogenated alkanes) is 30. The molecular weight excluding hydrogens is 1040 g/mol. The minimum atomic E-state index is -1.51. The van der Waals surface area contributed by atoms with Crippen LogP contribution in [0.3, 0.4) is 0 Å². The normalized spacial score (nSPS) is 13.4. The molecule has 0 aliphatic heterocycles. The van der Waals surface area contributed by atoms with Crippen molar-refractivity contribution < 1.29 is 42.9 Å². The van der Waals surface area contributed by atoms with Crippen molar-refractivity contribution in [3.63, 3.8) is 0 Å². The molecule has 0 aromatic heterocycles. The highest BCUT2D eigenvalue weighted by Crippen LogP contribution is 2.17. The number of carboxylic acid groups (broad SMARTS) is 1. The molecule has 482 valence electrons. The van der Waals surface area contributed by atoms with Crippen molar-refractivity contribution in [2.75, 3.05) is 47.5 Å². The van der Waals surface area contributed by atoms with Crippen LogP contribution in [-0.2, 0) is 33.3 Å². The Morgan fingerprint density at radius 1 is 0.369 bits per heavy atom. The monoisotopic (exact) mass is 1170 g/mol. The van der Waals surface area contributed by atoms with E-state index in [9.17, 15) is 19.5 Å². The van der Waals surface area contributed by atoms with E-state index in [1.165, 1.54) is 173 Å². The maximum absolute atomic E-state index is 12.9. The Kier molecular flexibility index (Phi) is 61.8. The van der Waals surface area contributed by atoms with Crippen molar-refractivity contribution in [1.82, 2.24) is 0 Å². The molecule has 0 aromatic rings. The maximum atomic E-state index is 12.9. The molecule has 9 heteroatoms. The molecule has 0 heterocycles. The minimum Gasteiger partial charge on any atom is -0.477 e. The first kappa shape index (κ1) is 80.0. The molecule has 0 radical (unpaired) electrons. The van der Waals surface area contributed by atoms with Crippen LogP contribution in [0.5, 0.6) is 0 Å². The molecule has 0 saturated carbocycles. The first-order valence-electron chi connectivity index (χ1n) is 34.6. The molecule has 0 fully saturated rings. The van der Waals surface area contributed by atoms with Crippen LogP contribution in [0.4, 0.5) is 0 Å². The van der Waals surface area contributed by atoms with Gasteiger partial charge in [-0.2, -0.15) is 0 Å². The second kappa shape index (κ2) is 64.9. The van der Waals surface area contributed by atoms with Crippen LogP contribution in [0.1, 0.15) is 290 Å². The van der Waals surface area contributed by atoms with E-state index in [0.717, 1.165) is 89.9 Å². The Morgan fingerprint density at radius 3 is 1.02 bits per heavy atom. The van der Waals surface area contributed by atoms with Crippen molar-refractivity contribution >= 4 is 17.9 Å². The summed E-state index contributed by atoms with van der Waals surface area (Å²) in [4.78, 5) is 37.5. The molecule has 2 unspecified atom stereocenters. The van der Waals surface area contributed by atoms with Gasteiger partial charge >= 0.3 is 17.9 Å². The fourth-order valence-electron chi connectivity index (χ4n) is 9.50. The lowest BCUT2D eigenvalue weighted by Crippen LogP contribution is -2.40. The van der Waals surface area contributed by atoms with Crippen LogP contribution in [0, 0.1) is 0 Å². The van der Waals surface area contributed by atoms with Crippen LogP contribution in [0.2, 0.25) is 0 Å². The van der Waals surface area contributed by atoms with Crippen molar-refractivity contribution in [1.29, 1.82) is 0 Å².